The van der Waals surface area contributed by atoms with Crippen LogP contribution in [0.25, 0.3) is 0 Å². The van der Waals surface area contributed by atoms with E-state index in [-0.39, 0.29) is 4.90 Å². The van der Waals surface area contributed by atoms with E-state index < -0.39 is 10.0 Å². The number of anilines is 2. The lowest BCUT2D eigenvalue weighted by Crippen LogP contribution is -2.47. The van der Waals surface area contributed by atoms with Gasteiger partial charge in [0.05, 0.1) is 5.69 Å². The van der Waals surface area contributed by atoms with Crippen LogP contribution in [-0.4, -0.2) is 44.8 Å². The first kappa shape index (κ1) is 15.2. The van der Waals surface area contributed by atoms with Crippen molar-refractivity contribution >= 4 is 32.2 Å². The summed E-state index contributed by atoms with van der Waals surface area (Å²) >= 11 is 1.57. The second-order valence-electron chi connectivity index (χ2n) is 5.09. The molecule has 0 radical (unpaired) electrons. The van der Waals surface area contributed by atoms with Gasteiger partial charge in [-0.1, -0.05) is 23.5 Å². The van der Waals surface area contributed by atoms with Crippen molar-refractivity contribution in [2.45, 2.75) is 11.8 Å². The fourth-order valence-electron chi connectivity index (χ4n) is 2.51. The van der Waals surface area contributed by atoms with E-state index in [1.807, 2.05) is 17.9 Å². The van der Waals surface area contributed by atoms with Crippen LogP contribution in [0.5, 0.6) is 0 Å². The highest BCUT2D eigenvalue weighted by Gasteiger charge is 2.23. The van der Waals surface area contributed by atoms with Crippen LogP contribution in [0.15, 0.2) is 29.2 Å². The summed E-state index contributed by atoms with van der Waals surface area (Å²) in [5.74, 6) is 0. The molecule has 0 atom stereocenters. The molecule has 1 aromatic carbocycles. The Kier molecular flexibility index (Phi) is 4.02. The molecule has 1 aromatic heterocycles. The van der Waals surface area contributed by atoms with Crippen molar-refractivity contribution in [3.8, 4) is 0 Å². The van der Waals surface area contributed by atoms with Gasteiger partial charge in [-0.25, -0.2) is 13.6 Å². The standard InChI is InChI=1S/C13H17N5O2S2/c1-10-15-16-13(21-10)18-8-6-17(7-9-18)11-4-2-3-5-12(11)22(14,19)20/h2-5H,6-9H2,1H3,(H2,14,19,20). The third-order valence-electron chi connectivity index (χ3n) is 3.58. The van der Waals surface area contributed by atoms with E-state index in [0.717, 1.165) is 23.2 Å². The lowest BCUT2D eigenvalue weighted by Gasteiger charge is -2.36. The number of nitrogens with two attached hydrogens (primary N) is 1. The molecular formula is C13H17N5O2S2. The van der Waals surface area contributed by atoms with E-state index in [1.165, 1.54) is 0 Å². The summed E-state index contributed by atoms with van der Waals surface area (Å²) in [6.07, 6.45) is 0. The fourth-order valence-corrected chi connectivity index (χ4v) is 4.01. The number of benzene rings is 1. The van der Waals surface area contributed by atoms with Crippen LogP contribution in [0.3, 0.4) is 0 Å². The van der Waals surface area contributed by atoms with Crippen LogP contribution in [0.4, 0.5) is 10.8 Å². The van der Waals surface area contributed by atoms with Gasteiger partial charge in [-0.2, -0.15) is 0 Å². The first-order valence-corrected chi connectivity index (χ1v) is 9.23. The molecule has 118 valence electrons. The average Bonchev–Trinajstić information content (AvgIpc) is 2.93. The van der Waals surface area contributed by atoms with E-state index in [9.17, 15) is 8.42 Å². The summed E-state index contributed by atoms with van der Waals surface area (Å²) in [5.41, 5.74) is 0.665. The Morgan fingerprint density at radius 3 is 2.32 bits per heavy atom. The zero-order valence-corrected chi connectivity index (χ0v) is 13.8. The Bertz CT molecular complexity index is 766. The molecule has 1 fully saturated rings. The van der Waals surface area contributed by atoms with Gasteiger partial charge >= 0.3 is 0 Å². The summed E-state index contributed by atoms with van der Waals surface area (Å²) in [7, 11) is -3.72. The molecule has 1 aliphatic heterocycles. The first-order chi connectivity index (χ1) is 10.4. The van der Waals surface area contributed by atoms with Crippen molar-refractivity contribution in [2.24, 2.45) is 5.14 Å². The predicted molar refractivity (Wildman–Crippen MR) is 86.9 cm³/mol. The number of hydrogen-bond donors (Lipinski definition) is 1. The van der Waals surface area contributed by atoms with Crippen LogP contribution in [0.2, 0.25) is 0 Å². The number of nitrogens with zero attached hydrogens (tertiary/aromatic N) is 4. The molecule has 1 saturated heterocycles. The Morgan fingerprint density at radius 1 is 1.09 bits per heavy atom. The molecule has 2 N–H and O–H groups in total. The highest BCUT2D eigenvalue weighted by atomic mass is 32.2. The summed E-state index contributed by atoms with van der Waals surface area (Å²) in [4.78, 5) is 4.39. The van der Waals surface area contributed by atoms with Crippen molar-refractivity contribution < 1.29 is 8.42 Å². The second-order valence-corrected chi connectivity index (χ2v) is 7.78. The number of primary sulfonamides is 1. The van der Waals surface area contributed by atoms with E-state index in [4.69, 9.17) is 5.14 Å². The van der Waals surface area contributed by atoms with Gasteiger partial charge in [0, 0.05) is 26.2 Å². The summed E-state index contributed by atoms with van der Waals surface area (Å²) < 4.78 is 23.4. The van der Waals surface area contributed by atoms with Crippen LogP contribution in [-0.2, 0) is 10.0 Å². The molecule has 22 heavy (non-hydrogen) atoms. The van der Waals surface area contributed by atoms with Crippen LogP contribution in [0.1, 0.15) is 5.01 Å². The molecule has 0 bridgehead atoms. The summed E-state index contributed by atoms with van der Waals surface area (Å²) in [5, 5.41) is 15.3. The SMILES string of the molecule is Cc1nnc(N2CCN(c3ccccc3S(N)(=O)=O)CC2)s1. The number of sulfonamides is 1. The minimum atomic E-state index is -3.72. The molecule has 1 aliphatic rings. The average molecular weight is 339 g/mol. The van der Waals surface area contributed by atoms with Crippen molar-refractivity contribution in [1.29, 1.82) is 0 Å². The third kappa shape index (κ3) is 3.06. The summed E-state index contributed by atoms with van der Waals surface area (Å²) in [6.45, 7) is 4.90. The first-order valence-electron chi connectivity index (χ1n) is 6.87. The van der Waals surface area contributed by atoms with Gasteiger partial charge in [-0.15, -0.1) is 10.2 Å². The Labute approximate surface area is 133 Å². The minimum absolute atomic E-state index is 0.176. The molecule has 2 aromatic rings. The van der Waals surface area contributed by atoms with Crippen LogP contribution >= 0.6 is 11.3 Å². The number of para-hydroxylation sites is 1. The van der Waals surface area contributed by atoms with Gasteiger partial charge in [-0.3, -0.25) is 0 Å². The molecule has 7 nitrogen and oxygen atoms in total. The molecular weight excluding hydrogens is 322 g/mol. The number of aromatic nitrogens is 2. The van der Waals surface area contributed by atoms with Gasteiger partial charge in [0.25, 0.3) is 0 Å². The van der Waals surface area contributed by atoms with Gasteiger partial charge in [-0.05, 0) is 19.1 Å². The second kappa shape index (κ2) is 5.82. The van der Waals surface area contributed by atoms with E-state index >= 15 is 0 Å². The number of rotatable bonds is 3. The third-order valence-corrected chi connectivity index (χ3v) is 5.44. The van der Waals surface area contributed by atoms with Gasteiger partial charge in [0.15, 0.2) is 0 Å². The molecule has 0 spiro atoms. The molecule has 0 aliphatic carbocycles. The highest BCUT2D eigenvalue weighted by Crippen LogP contribution is 2.27. The molecule has 0 unspecified atom stereocenters. The van der Waals surface area contributed by atoms with Crippen LogP contribution in [0, 0.1) is 6.92 Å². The topological polar surface area (TPSA) is 92.4 Å². The van der Waals surface area contributed by atoms with Crippen molar-refractivity contribution in [3.05, 3.63) is 29.3 Å². The molecule has 0 saturated carbocycles. The Morgan fingerprint density at radius 2 is 1.73 bits per heavy atom. The van der Waals surface area contributed by atoms with Crippen molar-refractivity contribution in [3.63, 3.8) is 0 Å². The lowest BCUT2D eigenvalue weighted by molar-refractivity contribution is 0.595. The molecule has 2 heterocycles. The van der Waals surface area contributed by atoms with Gasteiger partial charge in [0.1, 0.15) is 9.90 Å². The maximum absolute atomic E-state index is 11.7. The summed E-state index contributed by atoms with van der Waals surface area (Å²) in [6, 6.07) is 6.85. The van der Waals surface area contributed by atoms with Crippen LogP contribution < -0.4 is 14.9 Å². The number of aryl methyl sites for hydroxylation is 1. The number of piperazine rings is 1. The highest BCUT2D eigenvalue weighted by molar-refractivity contribution is 7.89. The lowest BCUT2D eigenvalue weighted by atomic mass is 10.2. The Balaban J connectivity index is 1.77. The van der Waals surface area contributed by atoms with Gasteiger partial charge in [0.2, 0.25) is 15.2 Å². The predicted octanol–water partition coefficient (Wildman–Crippen LogP) is 0.821. The quantitative estimate of drug-likeness (QED) is 0.890. The zero-order valence-electron chi connectivity index (χ0n) is 12.1. The largest absolute Gasteiger partial charge is 0.367 e. The monoisotopic (exact) mass is 339 g/mol. The van der Waals surface area contributed by atoms with E-state index in [0.29, 0.717) is 18.8 Å². The maximum Gasteiger partial charge on any atom is 0.240 e. The molecule has 9 heteroatoms. The van der Waals surface area contributed by atoms with E-state index in [2.05, 4.69) is 15.1 Å². The Hall–Kier alpha value is -1.71. The molecule has 3 rings (SSSR count). The zero-order chi connectivity index (χ0) is 15.7. The van der Waals surface area contributed by atoms with Crippen molar-refractivity contribution in [1.82, 2.24) is 10.2 Å². The normalized spacial score (nSPS) is 16.1. The number of hydrogen-bond acceptors (Lipinski definition) is 7. The van der Waals surface area contributed by atoms with Gasteiger partial charge < -0.3 is 9.80 Å². The van der Waals surface area contributed by atoms with Crippen molar-refractivity contribution in [2.75, 3.05) is 36.0 Å². The maximum atomic E-state index is 11.7. The smallest absolute Gasteiger partial charge is 0.240 e. The fraction of sp³-hybridized carbons (Fsp3) is 0.385. The minimum Gasteiger partial charge on any atom is -0.367 e. The van der Waals surface area contributed by atoms with E-state index in [1.54, 1.807) is 29.5 Å². The molecule has 0 amide bonds.